The van der Waals surface area contributed by atoms with E-state index in [0.29, 0.717) is 17.0 Å². The summed E-state index contributed by atoms with van der Waals surface area (Å²) in [5, 5.41) is 6.08. The molecule has 2 aromatic carbocycles. The molecule has 2 N–H and O–H groups in total. The number of aromatic nitrogens is 1. The molecule has 0 spiro atoms. The van der Waals surface area contributed by atoms with Crippen molar-refractivity contribution in [2.24, 2.45) is 0 Å². The average molecular weight is 398 g/mol. The van der Waals surface area contributed by atoms with Gasteiger partial charge in [0.2, 0.25) is 0 Å². The highest BCUT2D eigenvalue weighted by atomic mass is 79.9. The van der Waals surface area contributed by atoms with E-state index in [-0.39, 0.29) is 5.91 Å². The number of nitrogens with one attached hydrogen (secondary N) is 2. The van der Waals surface area contributed by atoms with Gasteiger partial charge in [-0.2, -0.15) is 0 Å². The molecule has 1 amide bonds. The van der Waals surface area contributed by atoms with Gasteiger partial charge >= 0.3 is 0 Å². The van der Waals surface area contributed by atoms with Crippen molar-refractivity contribution in [1.29, 1.82) is 0 Å². The highest BCUT2D eigenvalue weighted by Gasteiger charge is 2.07. The first-order valence-electron chi connectivity index (χ1n) is 7.58. The second kappa shape index (κ2) is 7.81. The molecule has 0 unspecified atom stereocenters. The Balaban J connectivity index is 1.72. The maximum Gasteiger partial charge on any atom is 0.255 e. The summed E-state index contributed by atoms with van der Waals surface area (Å²) in [5.41, 5.74) is 2.06. The van der Waals surface area contributed by atoms with E-state index in [1.165, 1.54) is 0 Å². The summed E-state index contributed by atoms with van der Waals surface area (Å²) in [7, 11) is 1.57. The van der Waals surface area contributed by atoms with Gasteiger partial charge in [-0.05, 0) is 64.5 Å². The van der Waals surface area contributed by atoms with Gasteiger partial charge in [0.25, 0.3) is 5.91 Å². The molecule has 0 aliphatic heterocycles. The molecule has 0 saturated carbocycles. The minimum Gasteiger partial charge on any atom is -0.497 e. The number of halogens is 1. The van der Waals surface area contributed by atoms with Crippen molar-refractivity contribution < 1.29 is 9.53 Å². The zero-order valence-corrected chi connectivity index (χ0v) is 15.1. The van der Waals surface area contributed by atoms with Gasteiger partial charge in [0.05, 0.1) is 7.11 Å². The SMILES string of the molecule is COc1cccc(C(=O)Nc2cccc(Nc3ccc(Br)cn3)c2)c1. The van der Waals surface area contributed by atoms with Gasteiger partial charge in [0.15, 0.2) is 0 Å². The Kier molecular flexibility index (Phi) is 5.30. The molecule has 0 aliphatic carbocycles. The van der Waals surface area contributed by atoms with Crippen LogP contribution in [0.4, 0.5) is 17.2 Å². The van der Waals surface area contributed by atoms with E-state index in [9.17, 15) is 4.79 Å². The van der Waals surface area contributed by atoms with Crippen LogP contribution in [-0.4, -0.2) is 18.0 Å². The number of hydrogen-bond acceptors (Lipinski definition) is 4. The fourth-order valence-electron chi connectivity index (χ4n) is 2.24. The molecule has 3 aromatic rings. The van der Waals surface area contributed by atoms with Crippen molar-refractivity contribution in [2.45, 2.75) is 0 Å². The molecule has 3 rings (SSSR count). The monoisotopic (exact) mass is 397 g/mol. The average Bonchev–Trinajstić information content (AvgIpc) is 2.64. The van der Waals surface area contributed by atoms with Crippen molar-refractivity contribution >= 4 is 39.0 Å². The minimum atomic E-state index is -0.196. The topological polar surface area (TPSA) is 63.2 Å². The number of rotatable bonds is 5. The van der Waals surface area contributed by atoms with Crippen LogP contribution < -0.4 is 15.4 Å². The van der Waals surface area contributed by atoms with Crippen LogP contribution in [0.25, 0.3) is 0 Å². The molecule has 0 saturated heterocycles. The normalized spacial score (nSPS) is 10.2. The lowest BCUT2D eigenvalue weighted by molar-refractivity contribution is 0.102. The lowest BCUT2D eigenvalue weighted by atomic mass is 10.2. The Bertz CT molecular complexity index is 882. The Morgan fingerprint density at radius 2 is 1.84 bits per heavy atom. The van der Waals surface area contributed by atoms with Crippen LogP contribution in [0.1, 0.15) is 10.4 Å². The third kappa shape index (κ3) is 4.58. The molecule has 126 valence electrons. The van der Waals surface area contributed by atoms with E-state index in [1.807, 2.05) is 36.4 Å². The molecular formula is C19H16BrN3O2. The number of hydrogen-bond donors (Lipinski definition) is 2. The third-order valence-corrected chi connectivity index (χ3v) is 3.92. The largest absolute Gasteiger partial charge is 0.497 e. The highest BCUT2D eigenvalue weighted by molar-refractivity contribution is 9.10. The fraction of sp³-hybridized carbons (Fsp3) is 0.0526. The van der Waals surface area contributed by atoms with E-state index in [0.717, 1.165) is 16.0 Å². The van der Waals surface area contributed by atoms with Crippen LogP contribution in [0, 0.1) is 0 Å². The van der Waals surface area contributed by atoms with Crippen molar-refractivity contribution in [1.82, 2.24) is 4.98 Å². The van der Waals surface area contributed by atoms with Crippen LogP contribution in [0.3, 0.4) is 0 Å². The Morgan fingerprint density at radius 3 is 2.60 bits per heavy atom. The molecule has 5 nitrogen and oxygen atoms in total. The highest BCUT2D eigenvalue weighted by Crippen LogP contribution is 2.21. The molecule has 0 atom stereocenters. The zero-order chi connectivity index (χ0) is 17.6. The molecule has 6 heteroatoms. The number of amides is 1. The maximum atomic E-state index is 12.4. The van der Waals surface area contributed by atoms with Crippen LogP contribution in [-0.2, 0) is 0 Å². The summed E-state index contributed by atoms with van der Waals surface area (Å²) in [6, 6.07) is 18.2. The van der Waals surface area contributed by atoms with Crippen LogP contribution in [0.2, 0.25) is 0 Å². The second-order valence-electron chi connectivity index (χ2n) is 5.25. The summed E-state index contributed by atoms with van der Waals surface area (Å²) >= 11 is 3.36. The number of anilines is 3. The smallest absolute Gasteiger partial charge is 0.255 e. The lowest BCUT2D eigenvalue weighted by Gasteiger charge is -2.10. The fourth-order valence-corrected chi connectivity index (χ4v) is 2.47. The van der Waals surface area contributed by atoms with Gasteiger partial charge < -0.3 is 15.4 Å². The Morgan fingerprint density at radius 1 is 1.04 bits per heavy atom. The summed E-state index contributed by atoms with van der Waals surface area (Å²) < 4.78 is 6.06. The number of carbonyl (C=O) groups is 1. The van der Waals surface area contributed by atoms with E-state index in [4.69, 9.17) is 4.74 Å². The van der Waals surface area contributed by atoms with E-state index in [2.05, 4.69) is 31.5 Å². The van der Waals surface area contributed by atoms with Gasteiger partial charge in [-0.3, -0.25) is 4.79 Å². The third-order valence-electron chi connectivity index (χ3n) is 3.45. The minimum absolute atomic E-state index is 0.196. The zero-order valence-electron chi connectivity index (χ0n) is 13.5. The molecule has 25 heavy (non-hydrogen) atoms. The summed E-state index contributed by atoms with van der Waals surface area (Å²) in [6.07, 6.45) is 1.72. The molecule has 0 aliphatic rings. The van der Waals surface area contributed by atoms with Gasteiger partial charge in [-0.15, -0.1) is 0 Å². The second-order valence-corrected chi connectivity index (χ2v) is 6.17. The standard InChI is InChI=1S/C19H16BrN3O2/c1-25-17-7-2-4-13(10-17)19(24)23-16-6-3-5-15(11-16)22-18-9-8-14(20)12-21-18/h2-12H,1H3,(H,21,22)(H,23,24). The summed E-state index contributed by atoms with van der Waals surface area (Å²) in [6.45, 7) is 0. The first-order valence-corrected chi connectivity index (χ1v) is 8.37. The van der Waals surface area contributed by atoms with Gasteiger partial charge in [-0.25, -0.2) is 4.98 Å². The molecule has 0 radical (unpaired) electrons. The van der Waals surface area contributed by atoms with E-state index >= 15 is 0 Å². The molecule has 0 fully saturated rings. The summed E-state index contributed by atoms with van der Waals surface area (Å²) in [5.74, 6) is 1.17. The number of pyridine rings is 1. The molecule has 1 heterocycles. The Hall–Kier alpha value is -2.86. The maximum absolute atomic E-state index is 12.4. The molecular weight excluding hydrogens is 382 g/mol. The first kappa shape index (κ1) is 17.0. The number of carbonyl (C=O) groups excluding carboxylic acids is 1. The van der Waals surface area contributed by atoms with Crippen molar-refractivity contribution in [3.63, 3.8) is 0 Å². The predicted octanol–water partition coefficient (Wildman–Crippen LogP) is 4.85. The Labute approximate surface area is 154 Å². The lowest BCUT2D eigenvalue weighted by Crippen LogP contribution is -2.12. The van der Waals surface area contributed by atoms with Crippen molar-refractivity contribution in [3.8, 4) is 5.75 Å². The van der Waals surface area contributed by atoms with Gasteiger partial charge in [0, 0.05) is 27.6 Å². The molecule has 0 bridgehead atoms. The number of nitrogens with zero attached hydrogens (tertiary/aromatic N) is 1. The van der Waals surface area contributed by atoms with Gasteiger partial charge in [-0.1, -0.05) is 12.1 Å². The quantitative estimate of drug-likeness (QED) is 0.645. The number of benzene rings is 2. The van der Waals surface area contributed by atoms with Crippen molar-refractivity contribution in [2.75, 3.05) is 17.7 Å². The first-order chi connectivity index (χ1) is 12.1. The van der Waals surface area contributed by atoms with E-state index < -0.39 is 0 Å². The van der Waals surface area contributed by atoms with Crippen LogP contribution in [0.15, 0.2) is 71.3 Å². The number of ether oxygens (including phenoxy) is 1. The molecule has 1 aromatic heterocycles. The summed E-state index contributed by atoms with van der Waals surface area (Å²) in [4.78, 5) is 16.7. The van der Waals surface area contributed by atoms with Crippen LogP contribution in [0.5, 0.6) is 5.75 Å². The van der Waals surface area contributed by atoms with Crippen LogP contribution >= 0.6 is 15.9 Å². The van der Waals surface area contributed by atoms with Crippen molar-refractivity contribution in [3.05, 3.63) is 76.9 Å². The number of methoxy groups -OCH3 is 1. The van der Waals surface area contributed by atoms with Gasteiger partial charge in [0.1, 0.15) is 11.6 Å². The predicted molar refractivity (Wildman–Crippen MR) is 103 cm³/mol. The van der Waals surface area contributed by atoms with E-state index in [1.54, 1.807) is 37.6 Å².